The minimum absolute atomic E-state index is 0.0136. The minimum atomic E-state index is -0.931. The molecular weight excluding hydrogens is 334 g/mol. The fourth-order valence-electron chi connectivity index (χ4n) is 2.64. The number of nitrogens with zero attached hydrogens (tertiary/aromatic N) is 1. The van der Waals surface area contributed by atoms with Crippen LogP contribution >= 0.6 is 11.6 Å². The number of amides is 2. The van der Waals surface area contributed by atoms with Crippen LogP contribution in [0.5, 0.6) is 0 Å². The standard InChI is InChI=1S/C16H22ClN3O4/c1-15(2,3)9-16(4,5)19-14(22)13(21)18-12-8-10(20(23)24)6-7-11(12)17/h6-8H,9H2,1-5H3,(H,18,21)(H,19,22). The summed E-state index contributed by atoms with van der Waals surface area (Å²) in [6, 6.07) is 3.61. The van der Waals surface area contributed by atoms with Gasteiger partial charge in [-0.25, -0.2) is 0 Å². The van der Waals surface area contributed by atoms with Gasteiger partial charge in [0.05, 0.1) is 15.6 Å². The third-order valence-electron chi connectivity index (χ3n) is 3.04. The maximum Gasteiger partial charge on any atom is 0.313 e. The van der Waals surface area contributed by atoms with E-state index < -0.39 is 22.3 Å². The number of rotatable bonds is 4. The van der Waals surface area contributed by atoms with E-state index in [1.54, 1.807) is 0 Å². The first-order chi connectivity index (χ1) is 10.8. The van der Waals surface area contributed by atoms with Crippen molar-refractivity contribution in [1.82, 2.24) is 5.32 Å². The average Bonchev–Trinajstić information content (AvgIpc) is 2.37. The molecule has 0 spiro atoms. The summed E-state index contributed by atoms with van der Waals surface area (Å²) in [4.78, 5) is 34.3. The van der Waals surface area contributed by atoms with Crippen LogP contribution in [0.3, 0.4) is 0 Å². The molecule has 0 aliphatic heterocycles. The van der Waals surface area contributed by atoms with Crippen LogP contribution in [-0.4, -0.2) is 22.3 Å². The fourth-order valence-corrected chi connectivity index (χ4v) is 2.80. The zero-order valence-electron chi connectivity index (χ0n) is 14.4. The lowest BCUT2D eigenvalue weighted by Crippen LogP contribution is -2.49. The maximum absolute atomic E-state index is 12.1. The molecule has 8 heteroatoms. The lowest BCUT2D eigenvalue weighted by molar-refractivity contribution is -0.384. The van der Waals surface area contributed by atoms with Crippen molar-refractivity contribution in [3.63, 3.8) is 0 Å². The second-order valence-electron chi connectivity index (χ2n) is 7.45. The SMILES string of the molecule is CC(C)(C)CC(C)(C)NC(=O)C(=O)Nc1cc([N+](=O)[O-])ccc1Cl. The summed E-state index contributed by atoms with van der Waals surface area (Å²) >= 11 is 5.90. The fraction of sp³-hybridized carbons (Fsp3) is 0.500. The molecule has 1 rings (SSSR count). The second-order valence-corrected chi connectivity index (χ2v) is 7.86. The molecule has 0 unspecified atom stereocenters. The Morgan fingerprint density at radius 2 is 1.75 bits per heavy atom. The van der Waals surface area contributed by atoms with Crippen molar-refractivity contribution in [3.05, 3.63) is 33.3 Å². The second kappa shape index (κ2) is 7.17. The van der Waals surface area contributed by atoms with Gasteiger partial charge in [-0.2, -0.15) is 0 Å². The monoisotopic (exact) mass is 355 g/mol. The van der Waals surface area contributed by atoms with Crippen molar-refractivity contribution in [3.8, 4) is 0 Å². The summed E-state index contributed by atoms with van der Waals surface area (Å²) in [7, 11) is 0. The number of nitrogens with one attached hydrogen (secondary N) is 2. The lowest BCUT2D eigenvalue weighted by atomic mass is 9.82. The number of hydrogen-bond acceptors (Lipinski definition) is 4. The summed E-state index contributed by atoms with van der Waals surface area (Å²) in [5.41, 5.74) is -0.835. The van der Waals surface area contributed by atoms with Gasteiger partial charge in [0.25, 0.3) is 5.69 Å². The molecule has 0 heterocycles. The molecule has 2 N–H and O–H groups in total. The molecule has 0 radical (unpaired) electrons. The summed E-state index contributed by atoms with van der Waals surface area (Å²) in [6.07, 6.45) is 0.663. The van der Waals surface area contributed by atoms with Gasteiger partial charge in [-0.1, -0.05) is 32.4 Å². The highest BCUT2D eigenvalue weighted by molar-refractivity contribution is 6.41. The lowest BCUT2D eigenvalue weighted by Gasteiger charge is -2.33. The van der Waals surface area contributed by atoms with Gasteiger partial charge in [0.2, 0.25) is 0 Å². The average molecular weight is 356 g/mol. The van der Waals surface area contributed by atoms with Crippen LogP contribution in [-0.2, 0) is 9.59 Å². The van der Waals surface area contributed by atoms with Crippen LogP contribution in [0.25, 0.3) is 0 Å². The molecule has 0 aliphatic carbocycles. The van der Waals surface area contributed by atoms with Gasteiger partial charge in [-0.05, 0) is 31.7 Å². The number of anilines is 1. The molecule has 0 bridgehead atoms. The molecule has 2 amide bonds. The zero-order valence-corrected chi connectivity index (χ0v) is 15.2. The highest BCUT2D eigenvalue weighted by Crippen LogP contribution is 2.28. The predicted molar refractivity (Wildman–Crippen MR) is 93.0 cm³/mol. The Balaban J connectivity index is 2.83. The Morgan fingerprint density at radius 1 is 1.17 bits per heavy atom. The third-order valence-corrected chi connectivity index (χ3v) is 3.37. The zero-order chi connectivity index (χ0) is 18.7. The number of carbonyl (C=O) groups excluding carboxylic acids is 2. The van der Waals surface area contributed by atoms with Gasteiger partial charge in [-0.3, -0.25) is 19.7 Å². The van der Waals surface area contributed by atoms with E-state index in [-0.39, 0.29) is 21.8 Å². The molecule has 24 heavy (non-hydrogen) atoms. The largest absolute Gasteiger partial charge is 0.343 e. The van der Waals surface area contributed by atoms with Crippen molar-refractivity contribution in [1.29, 1.82) is 0 Å². The highest BCUT2D eigenvalue weighted by Gasteiger charge is 2.29. The molecule has 0 aliphatic rings. The molecule has 7 nitrogen and oxygen atoms in total. The van der Waals surface area contributed by atoms with E-state index in [9.17, 15) is 19.7 Å². The number of halogens is 1. The summed E-state index contributed by atoms with van der Waals surface area (Å²) in [5, 5.41) is 15.8. The van der Waals surface area contributed by atoms with E-state index in [1.165, 1.54) is 12.1 Å². The van der Waals surface area contributed by atoms with Crippen LogP contribution in [0.2, 0.25) is 5.02 Å². The van der Waals surface area contributed by atoms with E-state index in [1.807, 2.05) is 34.6 Å². The van der Waals surface area contributed by atoms with Crippen molar-refractivity contribution in [2.24, 2.45) is 5.41 Å². The van der Waals surface area contributed by atoms with Gasteiger partial charge in [0, 0.05) is 17.7 Å². The molecule has 0 saturated heterocycles. The predicted octanol–water partition coefficient (Wildman–Crippen LogP) is 3.52. The third kappa shape index (κ3) is 6.16. The Kier molecular flexibility index (Phi) is 5.94. The normalized spacial score (nSPS) is 11.8. The van der Waals surface area contributed by atoms with E-state index in [0.717, 1.165) is 6.07 Å². The quantitative estimate of drug-likeness (QED) is 0.490. The van der Waals surface area contributed by atoms with Gasteiger partial charge in [-0.15, -0.1) is 0 Å². The number of nitro benzene ring substituents is 1. The number of non-ortho nitro benzene ring substituents is 1. The van der Waals surface area contributed by atoms with Crippen molar-refractivity contribution in [2.75, 3.05) is 5.32 Å². The molecule has 0 fully saturated rings. The van der Waals surface area contributed by atoms with Crippen LogP contribution < -0.4 is 10.6 Å². The van der Waals surface area contributed by atoms with Crippen LogP contribution in [0, 0.1) is 15.5 Å². The van der Waals surface area contributed by atoms with Crippen molar-refractivity contribution >= 4 is 34.8 Å². The molecule has 1 aromatic carbocycles. The molecule has 0 aromatic heterocycles. The molecule has 1 aromatic rings. The van der Waals surface area contributed by atoms with E-state index in [4.69, 9.17) is 11.6 Å². The van der Waals surface area contributed by atoms with Crippen LogP contribution in [0.4, 0.5) is 11.4 Å². The highest BCUT2D eigenvalue weighted by atomic mass is 35.5. The topological polar surface area (TPSA) is 101 Å². The van der Waals surface area contributed by atoms with E-state index in [0.29, 0.717) is 6.42 Å². The summed E-state index contributed by atoms with van der Waals surface area (Å²) in [6.45, 7) is 9.74. The van der Waals surface area contributed by atoms with Crippen LogP contribution in [0.15, 0.2) is 18.2 Å². The Morgan fingerprint density at radius 3 is 2.25 bits per heavy atom. The number of nitro groups is 1. The van der Waals surface area contributed by atoms with Crippen molar-refractivity contribution < 1.29 is 14.5 Å². The van der Waals surface area contributed by atoms with E-state index >= 15 is 0 Å². The Labute approximate surface area is 145 Å². The Bertz CT molecular complexity index is 666. The van der Waals surface area contributed by atoms with Gasteiger partial charge in [0.1, 0.15) is 0 Å². The Hall–Kier alpha value is -2.15. The number of benzene rings is 1. The van der Waals surface area contributed by atoms with Gasteiger partial charge in [0.15, 0.2) is 0 Å². The molecule has 0 saturated carbocycles. The summed E-state index contributed by atoms with van der Waals surface area (Å²) in [5.74, 6) is -1.76. The van der Waals surface area contributed by atoms with Gasteiger partial charge < -0.3 is 10.6 Å². The first-order valence-corrected chi connectivity index (χ1v) is 7.76. The maximum atomic E-state index is 12.1. The smallest absolute Gasteiger partial charge is 0.313 e. The van der Waals surface area contributed by atoms with Crippen molar-refractivity contribution in [2.45, 2.75) is 46.6 Å². The molecular formula is C16H22ClN3O4. The van der Waals surface area contributed by atoms with Crippen LogP contribution in [0.1, 0.15) is 41.0 Å². The minimum Gasteiger partial charge on any atom is -0.343 e. The van der Waals surface area contributed by atoms with E-state index in [2.05, 4.69) is 10.6 Å². The first kappa shape index (κ1) is 19.9. The number of hydrogen-bond donors (Lipinski definition) is 2. The van der Waals surface area contributed by atoms with Gasteiger partial charge >= 0.3 is 11.8 Å². The molecule has 132 valence electrons. The first-order valence-electron chi connectivity index (χ1n) is 7.38. The summed E-state index contributed by atoms with van der Waals surface area (Å²) < 4.78 is 0. The molecule has 0 atom stereocenters. The number of carbonyl (C=O) groups is 2.